The van der Waals surface area contributed by atoms with Crippen molar-refractivity contribution in [2.45, 2.75) is 38.8 Å². The van der Waals surface area contributed by atoms with Gasteiger partial charge in [-0.2, -0.15) is 0 Å². The summed E-state index contributed by atoms with van der Waals surface area (Å²) < 4.78 is 40.4. The first-order valence-electron chi connectivity index (χ1n) is 9.83. The summed E-state index contributed by atoms with van der Waals surface area (Å²) in [6, 6.07) is 4.20. The standard InChI is InChI=1S/C21H24BrF3N4O2/c1-11-9-29(10-12(2)28(11)3)18-7-16(23)15(22)6-17(18)27-21(31)14-8-26-20(30)5-13(14)4-19(24)25/h5-8,11-12,19H,4,9-10H2,1-3H3,(H,26,30)(H,27,31)/t11-,12+. The topological polar surface area (TPSA) is 68.4 Å². The largest absolute Gasteiger partial charge is 0.367 e. The molecule has 2 N–H and O–H groups in total. The molecular formula is C21H24BrF3N4O2. The van der Waals surface area contributed by atoms with Gasteiger partial charge in [-0.05, 0) is 48.5 Å². The molecule has 1 amide bonds. The van der Waals surface area contributed by atoms with E-state index in [1.165, 1.54) is 12.1 Å². The molecule has 1 saturated heterocycles. The summed E-state index contributed by atoms with van der Waals surface area (Å²) in [5.74, 6) is -1.14. The fraction of sp³-hybridized carbons (Fsp3) is 0.429. The third-order valence-electron chi connectivity index (χ3n) is 5.62. The summed E-state index contributed by atoms with van der Waals surface area (Å²) in [4.78, 5) is 31.0. The van der Waals surface area contributed by atoms with Crippen molar-refractivity contribution in [3.8, 4) is 0 Å². The van der Waals surface area contributed by atoms with Gasteiger partial charge in [-0.3, -0.25) is 14.5 Å². The van der Waals surface area contributed by atoms with E-state index >= 15 is 0 Å². The minimum atomic E-state index is -2.71. The Morgan fingerprint density at radius 2 is 1.90 bits per heavy atom. The van der Waals surface area contributed by atoms with Crippen molar-refractivity contribution in [3.63, 3.8) is 0 Å². The van der Waals surface area contributed by atoms with E-state index < -0.39 is 30.1 Å². The Bertz CT molecular complexity index is 1020. The molecule has 31 heavy (non-hydrogen) atoms. The average Bonchev–Trinajstić information content (AvgIpc) is 2.68. The van der Waals surface area contributed by atoms with E-state index in [2.05, 4.69) is 45.0 Å². The van der Waals surface area contributed by atoms with E-state index in [0.717, 1.165) is 12.3 Å². The van der Waals surface area contributed by atoms with Crippen LogP contribution in [0, 0.1) is 5.82 Å². The number of nitrogens with one attached hydrogen (secondary N) is 2. The molecule has 1 aliphatic heterocycles. The Hall–Kier alpha value is -2.33. The number of aromatic amines is 1. The second-order valence-electron chi connectivity index (χ2n) is 7.84. The number of carbonyl (C=O) groups is 1. The van der Waals surface area contributed by atoms with Crippen LogP contribution in [0.1, 0.15) is 29.8 Å². The predicted molar refractivity (Wildman–Crippen MR) is 118 cm³/mol. The lowest BCUT2D eigenvalue weighted by atomic mass is 10.1. The summed E-state index contributed by atoms with van der Waals surface area (Å²) in [6.07, 6.45) is -2.31. The number of nitrogens with zero attached hydrogens (tertiary/aromatic N) is 2. The van der Waals surface area contributed by atoms with Crippen LogP contribution in [0.3, 0.4) is 0 Å². The van der Waals surface area contributed by atoms with Gasteiger partial charge in [-0.15, -0.1) is 0 Å². The molecule has 168 valence electrons. The van der Waals surface area contributed by atoms with Crippen molar-refractivity contribution in [3.05, 3.63) is 56.2 Å². The third-order valence-corrected chi connectivity index (χ3v) is 6.22. The van der Waals surface area contributed by atoms with Crippen LogP contribution in [0.4, 0.5) is 24.5 Å². The minimum absolute atomic E-state index is 0.0548. The summed E-state index contributed by atoms with van der Waals surface area (Å²) in [5.41, 5.74) is 0.155. The average molecular weight is 501 g/mol. The predicted octanol–water partition coefficient (Wildman–Crippen LogP) is 3.87. The maximum atomic E-state index is 14.4. The Balaban J connectivity index is 1.96. The van der Waals surface area contributed by atoms with Crippen LogP contribution in [0.25, 0.3) is 0 Å². The molecule has 1 aromatic carbocycles. The second kappa shape index (κ2) is 9.44. The highest BCUT2D eigenvalue weighted by molar-refractivity contribution is 9.10. The van der Waals surface area contributed by atoms with Gasteiger partial charge in [0.2, 0.25) is 12.0 Å². The van der Waals surface area contributed by atoms with Gasteiger partial charge in [0, 0.05) is 49.9 Å². The van der Waals surface area contributed by atoms with Crippen molar-refractivity contribution < 1.29 is 18.0 Å². The number of benzene rings is 1. The summed E-state index contributed by atoms with van der Waals surface area (Å²) >= 11 is 3.14. The summed E-state index contributed by atoms with van der Waals surface area (Å²) in [7, 11) is 2.03. The Morgan fingerprint density at radius 3 is 2.52 bits per heavy atom. The second-order valence-corrected chi connectivity index (χ2v) is 8.69. The van der Waals surface area contributed by atoms with Gasteiger partial charge in [0.15, 0.2) is 0 Å². The fourth-order valence-electron chi connectivity index (χ4n) is 3.75. The quantitative estimate of drug-likeness (QED) is 0.653. The first-order chi connectivity index (χ1) is 14.6. The van der Waals surface area contributed by atoms with Crippen LogP contribution in [0.15, 0.2) is 33.7 Å². The number of H-pyrrole nitrogens is 1. The highest BCUT2D eigenvalue weighted by Gasteiger charge is 2.29. The highest BCUT2D eigenvalue weighted by atomic mass is 79.9. The molecule has 0 radical (unpaired) electrons. The third kappa shape index (κ3) is 5.30. The molecule has 0 bridgehead atoms. The smallest absolute Gasteiger partial charge is 0.257 e. The lowest BCUT2D eigenvalue weighted by Gasteiger charge is -2.44. The van der Waals surface area contributed by atoms with Gasteiger partial charge >= 0.3 is 0 Å². The molecule has 10 heteroatoms. The number of hydrogen-bond acceptors (Lipinski definition) is 4. The summed E-state index contributed by atoms with van der Waals surface area (Å²) in [6.45, 7) is 5.38. The summed E-state index contributed by atoms with van der Waals surface area (Å²) in [5, 5.41) is 2.71. The first kappa shape index (κ1) is 23.3. The van der Waals surface area contributed by atoms with E-state index in [1.807, 2.05) is 11.9 Å². The normalized spacial score (nSPS) is 19.7. The number of halogens is 4. The number of alkyl halides is 2. The maximum absolute atomic E-state index is 14.4. The number of aromatic nitrogens is 1. The molecule has 0 saturated carbocycles. The van der Waals surface area contributed by atoms with Gasteiger partial charge in [-0.1, -0.05) is 0 Å². The lowest BCUT2D eigenvalue weighted by Crippen LogP contribution is -2.55. The first-order valence-corrected chi connectivity index (χ1v) is 10.6. The SMILES string of the molecule is C[C@@H]1CN(c2cc(F)c(Br)cc2NC(=O)c2c[nH]c(=O)cc2CC(F)F)C[C@H](C)N1C. The molecular weight excluding hydrogens is 477 g/mol. The number of hydrogen-bond donors (Lipinski definition) is 2. The Labute approximate surface area is 186 Å². The van der Waals surface area contributed by atoms with Crippen molar-refractivity contribution in [1.82, 2.24) is 9.88 Å². The van der Waals surface area contributed by atoms with Crippen molar-refractivity contribution in [2.24, 2.45) is 0 Å². The van der Waals surface area contributed by atoms with Crippen LogP contribution in [-0.2, 0) is 6.42 Å². The molecule has 2 atom stereocenters. The molecule has 3 rings (SSSR count). The van der Waals surface area contributed by atoms with Crippen molar-refractivity contribution in [1.29, 1.82) is 0 Å². The van der Waals surface area contributed by atoms with Crippen molar-refractivity contribution >= 4 is 33.2 Å². The zero-order chi connectivity index (χ0) is 22.9. The van der Waals surface area contributed by atoms with E-state index in [0.29, 0.717) is 24.5 Å². The monoisotopic (exact) mass is 500 g/mol. The van der Waals surface area contributed by atoms with Gasteiger partial charge in [0.1, 0.15) is 5.82 Å². The molecule has 6 nitrogen and oxygen atoms in total. The van der Waals surface area contributed by atoms with E-state index in [9.17, 15) is 22.8 Å². The molecule has 2 heterocycles. The van der Waals surface area contributed by atoms with Crippen LogP contribution >= 0.6 is 15.9 Å². The molecule has 1 aliphatic rings. The van der Waals surface area contributed by atoms with E-state index in [-0.39, 0.29) is 27.7 Å². The van der Waals surface area contributed by atoms with Crippen LogP contribution in [-0.4, -0.2) is 54.4 Å². The zero-order valence-electron chi connectivity index (χ0n) is 17.4. The number of anilines is 2. The van der Waals surface area contributed by atoms with E-state index in [4.69, 9.17) is 0 Å². The van der Waals surface area contributed by atoms with Gasteiger partial charge < -0.3 is 15.2 Å². The number of rotatable bonds is 5. The highest BCUT2D eigenvalue weighted by Crippen LogP contribution is 2.34. The lowest BCUT2D eigenvalue weighted by molar-refractivity contribution is 0.102. The minimum Gasteiger partial charge on any atom is -0.367 e. The van der Waals surface area contributed by atoms with Crippen LogP contribution in [0.5, 0.6) is 0 Å². The number of pyridine rings is 1. The van der Waals surface area contributed by atoms with Crippen LogP contribution in [0.2, 0.25) is 0 Å². The maximum Gasteiger partial charge on any atom is 0.257 e. The molecule has 0 aliphatic carbocycles. The molecule has 0 spiro atoms. The Morgan fingerprint density at radius 1 is 1.26 bits per heavy atom. The Kier molecular flexibility index (Phi) is 7.10. The van der Waals surface area contributed by atoms with Gasteiger partial charge in [0.25, 0.3) is 5.91 Å². The molecule has 1 fully saturated rings. The van der Waals surface area contributed by atoms with E-state index in [1.54, 1.807) is 0 Å². The fourth-order valence-corrected chi connectivity index (χ4v) is 4.09. The number of amides is 1. The molecule has 0 unspecified atom stereocenters. The van der Waals surface area contributed by atoms with Gasteiger partial charge in [0.05, 0.1) is 21.4 Å². The van der Waals surface area contributed by atoms with Crippen LogP contribution < -0.4 is 15.8 Å². The number of likely N-dealkylation sites (N-methyl/N-ethyl adjacent to an activating group) is 1. The molecule has 1 aromatic heterocycles. The zero-order valence-corrected chi connectivity index (χ0v) is 19.0. The van der Waals surface area contributed by atoms with Gasteiger partial charge in [-0.25, -0.2) is 13.2 Å². The number of carbonyl (C=O) groups excluding carboxylic acids is 1. The molecule has 2 aromatic rings. The van der Waals surface area contributed by atoms with Crippen molar-refractivity contribution in [2.75, 3.05) is 30.4 Å². The number of piperazine rings is 1.